The Labute approximate surface area is 149 Å². The first kappa shape index (κ1) is 18.3. The highest BCUT2D eigenvalue weighted by molar-refractivity contribution is 5.76. The first-order valence-electron chi connectivity index (χ1n) is 9.46. The molecule has 0 aliphatic carbocycles. The molecule has 0 spiro atoms. The molecule has 2 saturated heterocycles. The molecule has 2 aliphatic heterocycles. The Balaban J connectivity index is 1.66. The molecule has 0 radical (unpaired) electrons. The third-order valence-electron chi connectivity index (χ3n) is 5.45. The summed E-state index contributed by atoms with van der Waals surface area (Å²) in [5, 5.41) is 0. The molecular formula is C20H29FN2O2. The molecule has 0 aromatic heterocycles. The molecular weight excluding hydrogens is 319 g/mol. The second-order valence-corrected chi connectivity index (χ2v) is 7.32. The Kier molecular flexibility index (Phi) is 6.43. The SMILES string of the molecule is CN1CCC(N(Cc2ccccc2F)C(=O)CC[C@H]2CCCO2)CC1. The van der Waals surface area contributed by atoms with Gasteiger partial charge in [-0.3, -0.25) is 4.79 Å². The number of benzene rings is 1. The van der Waals surface area contributed by atoms with Crippen molar-refractivity contribution in [3.05, 3.63) is 35.6 Å². The van der Waals surface area contributed by atoms with Crippen LogP contribution in [-0.4, -0.2) is 54.6 Å². The molecule has 3 rings (SSSR count). The molecule has 138 valence electrons. The standard InChI is InChI=1S/C20H29FN2O2/c1-22-12-10-17(11-13-22)23(15-16-5-2-3-7-19(16)21)20(24)9-8-18-6-4-14-25-18/h2-3,5,7,17-18H,4,6,8-15H2,1H3/t18-/m1/s1. The van der Waals surface area contributed by atoms with E-state index in [0.29, 0.717) is 18.5 Å². The normalized spacial score (nSPS) is 22.2. The lowest BCUT2D eigenvalue weighted by Gasteiger charge is -2.37. The maximum absolute atomic E-state index is 14.1. The van der Waals surface area contributed by atoms with Crippen LogP contribution in [0.25, 0.3) is 0 Å². The Bertz CT molecular complexity index is 567. The van der Waals surface area contributed by atoms with Gasteiger partial charge in [-0.25, -0.2) is 4.39 Å². The van der Waals surface area contributed by atoms with E-state index in [0.717, 1.165) is 51.8 Å². The summed E-state index contributed by atoms with van der Waals surface area (Å²) in [4.78, 5) is 17.1. The third kappa shape index (κ3) is 5.02. The van der Waals surface area contributed by atoms with Gasteiger partial charge in [0, 0.05) is 31.2 Å². The number of rotatable bonds is 6. The second kappa shape index (κ2) is 8.77. The lowest BCUT2D eigenvalue weighted by atomic mass is 10.0. The maximum Gasteiger partial charge on any atom is 0.223 e. The van der Waals surface area contributed by atoms with Gasteiger partial charge in [0.1, 0.15) is 5.82 Å². The first-order valence-corrected chi connectivity index (χ1v) is 9.46. The second-order valence-electron chi connectivity index (χ2n) is 7.32. The van der Waals surface area contributed by atoms with Crippen molar-refractivity contribution in [1.29, 1.82) is 0 Å². The highest BCUT2D eigenvalue weighted by Crippen LogP contribution is 2.23. The fourth-order valence-electron chi connectivity index (χ4n) is 3.84. The van der Waals surface area contributed by atoms with Gasteiger partial charge >= 0.3 is 0 Å². The van der Waals surface area contributed by atoms with Gasteiger partial charge in [-0.15, -0.1) is 0 Å². The Hall–Kier alpha value is -1.46. The van der Waals surface area contributed by atoms with Crippen LogP contribution in [-0.2, 0) is 16.1 Å². The molecule has 0 saturated carbocycles. The highest BCUT2D eigenvalue weighted by Gasteiger charge is 2.28. The predicted molar refractivity (Wildman–Crippen MR) is 95.7 cm³/mol. The summed E-state index contributed by atoms with van der Waals surface area (Å²) in [7, 11) is 2.11. The Morgan fingerprint density at radius 3 is 2.72 bits per heavy atom. The third-order valence-corrected chi connectivity index (χ3v) is 5.45. The summed E-state index contributed by atoms with van der Waals surface area (Å²) < 4.78 is 19.8. The molecule has 0 unspecified atom stereocenters. The van der Waals surface area contributed by atoms with Crippen LogP contribution in [0.3, 0.4) is 0 Å². The molecule has 1 amide bonds. The Morgan fingerprint density at radius 2 is 2.04 bits per heavy atom. The van der Waals surface area contributed by atoms with E-state index in [4.69, 9.17) is 4.74 Å². The zero-order valence-electron chi connectivity index (χ0n) is 15.1. The quantitative estimate of drug-likeness (QED) is 0.791. The van der Waals surface area contributed by atoms with E-state index >= 15 is 0 Å². The number of piperidine rings is 1. The van der Waals surface area contributed by atoms with Gasteiger partial charge in [-0.2, -0.15) is 0 Å². The number of carbonyl (C=O) groups is 1. The number of hydrogen-bond acceptors (Lipinski definition) is 3. The van der Waals surface area contributed by atoms with Crippen LogP contribution in [0.4, 0.5) is 4.39 Å². The molecule has 25 heavy (non-hydrogen) atoms. The minimum Gasteiger partial charge on any atom is -0.378 e. The summed E-state index contributed by atoms with van der Waals surface area (Å²) in [5.41, 5.74) is 0.604. The van der Waals surface area contributed by atoms with Crippen molar-refractivity contribution in [2.45, 2.75) is 57.2 Å². The Morgan fingerprint density at radius 1 is 1.28 bits per heavy atom. The van der Waals surface area contributed by atoms with E-state index < -0.39 is 0 Å². The summed E-state index contributed by atoms with van der Waals surface area (Å²) in [6.45, 7) is 3.15. The zero-order valence-corrected chi connectivity index (χ0v) is 15.1. The number of likely N-dealkylation sites (tertiary alicyclic amines) is 1. The van der Waals surface area contributed by atoms with E-state index in [1.165, 1.54) is 6.07 Å². The summed E-state index contributed by atoms with van der Waals surface area (Å²) >= 11 is 0. The van der Waals surface area contributed by atoms with Gasteiger partial charge in [0.2, 0.25) is 5.91 Å². The lowest BCUT2D eigenvalue weighted by Crippen LogP contribution is -2.46. The minimum atomic E-state index is -0.229. The van der Waals surface area contributed by atoms with Crippen LogP contribution in [0.1, 0.15) is 44.1 Å². The number of hydrogen-bond donors (Lipinski definition) is 0. The van der Waals surface area contributed by atoms with Crippen LogP contribution in [0.5, 0.6) is 0 Å². The number of halogens is 1. The topological polar surface area (TPSA) is 32.8 Å². The van der Waals surface area contributed by atoms with Gasteiger partial charge in [0.05, 0.1) is 6.10 Å². The van der Waals surface area contributed by atoms with Crippen LogP contribution in [0, 0.1) is 5.82 Å². The predicted octanol–water partition coefficient (Wildman–Crippen LogP) is 3.21. The summed E-state index contributed by atoms with van der Waals surface area (Å²) in [6.07, 6.45) is 5.54. The molecule has 0 N–H and O–H groups in total. The van der Waals surface area contributed by atoms with Crippen molar-refractivity contribution in [3.63, 3.8) is 0 Å². The van der Waals surface area contributed by atoms with E-state index in [1.54, 1.807) is 12.1 Å². The molecule has 5 heteroatoms. The van der Waals surface area contributed by atoms with Crippen molar-refractivity contribution >= 4 is 5.91 Å². The zero-order chi connectivity index (χ0) is 17.6. The summed E-state index contributed by atoms with van der Waals surface area (Å²) in [6, 6.07) is 6.98. The van der Waals surface area contributed by atoms with Gasteiger partial charge in [-0.1, -0.05) is 18.2 Å². The number of nitrogens with zero attached hydrogens (tertiary/aromatic N) is 2. The van der Waals surface area contributed by atoms with Crippen molar-refractivity contribution < 1.29 is 13.9 Å². The molecule has 2 aliphatic rings. The van der Waals surface area contributed by atoms with Crippen molar-refractivity contribution in [1.82, 2.24) is 9.80 Å². The molecule has 4 nitrogen and oxygen atoms in total. The number of carbonyl (C=O) groups excluding carboxylic acids is 1. The monoisotopic (exact) mass is 348 g/mol. The fourth-order valence-corrected chi connectivity index (χ4v) is 3.84. The summed E-state index contributed by atoms with van der Waals surface area (Å²) in [5.74, 6) is -0.0966. The number of amides is 1. The van der Waals surface area contributed by atoms with E-state index in [9.17, 15) is 9.18 Å². The van der Waals surface area contributed by atoms with Crippen molar-refractivity contribution in [2.75, 3.05) is 26.7 Å². The van der Waals surface area contributed by atoms with Gasteiger partial charge in [0.25, 0.3) is 0 Å². The molecule has 2 heterocycles. The van der Waals surface area contributed by atoms with Crippen LogP contribution >= 0.6 is 0 Å². The van der Waals surface area contributed by atoms with Gasteiger partial charge in [0.15, 0.2) is 0 Å². The van der Waals surface area contributed by atoms with Crippen LogP contribution in [0.2, 0.25) is 0 Å². The molecule has 2 fully saturated rings. The van der Waals surface area contributed by atoms with Crippen LogP contribution < -0.4 is 0 Å². The van der Waals surface area contributed by atoms with E-state index in [-0.39, 0.29) is 23.9 Å². The number of ether oxygens (including phenoxy) is 1. The van der Waals surface area contributed by atoms with Crippen LogP contribution in [0.15, 0.2) is 24.3 Å². The molecule has 1 aromatic rings. The first-order chi connectivity index (χ1) is 12.1. The van der Waals surface area contributed by atoms with E-state index in [1.807, 2.05) is 11.0 Å². The molecule has 1 aromatic carbocycles. The average molecular weight is 348 g/mol. The fraction of sp³-hybridized carbons (Fsp3) is 0.650. The minimum absolute atomic E-state index is 0.133. The van der Waals surface area contributed by atoms with Crippen molar-refractivity contribution in [2.24, 2.45) is 0 Å². The molecule has 1 atom stereocenters. The smallest absolute Gasteiger partial charge is 0.223 e. The van der Waals surface area contributed by atoms with E-state index in [2.05, 4.69) is 11.9 Å². The van der Waals surface area contributed by atoms with Crippen molar-refractivity contribution in [3.8, 4) is 0 Å². The highest BCUT2D eigenvalue weighted by atomic mass is 19.1. The largest absolute Gasteiger partial charge is 0.378 e. The molecule has 0 bridgehead atoms. The van der Waals surface area contributed by atoms with Gasteiger partial charge < -0.3 is 14.5 Å². The average Bonchev–Trinajstić information content (AvgIpc) is 3.13. The maximum atomic E-state index is 14.1. The van der Waals surface area contributed by atoms with Gasteiger partial charge in [-0.05, 0) is 58.3 Å². The lowest BCUT2D eigenvalue weighted by molar-refractivity contribution is -0.136.